The molecule has 6 heteroatoms. The number of hydrogen-bond acceptors (Lipinski definition) is 4. The Labute approximate surface area is 114 Å². The van der Waals surface area contributed by atoms with Crippen molar-refractivity contribution in [1.82, 2.24) is 4.90 Å². The van der Waals surface area contributed by atoms with Crippen molar-refractivity contribution in [1.29, 1.82) is 0 Å². The Balaban J connectivity index is 2.00. The lowest BCUT2D eigenvalue weighted by atomic mass is 10.1. The molecule has 2 aromatic rings. The second-order valence-corrected chi connectivity index (χ2v) is 4.57. The van der Waals surface area contributed by atoms with Crippen LogP contribution in [0.25, 0.3) is 11.0 Å². The summed E-state index contributed by atoms with van der Waals surface area (Å²) < 4.78 is 10.6. The third-order valence-corrected chi connectivity index (χ3v) is 3.30. The van der Waals surface area contributed by atoms with Gasteiger partial charge in [0.25, 0.3) is 0 Å². The molecule has 1 aromatic carbocycles. The minimum Gasteiger partial charge on any atom is -0.478 e. The van der Waals surface area contributed by atoms with E-state index in [0.717, 1.165) is 0 Å². The first-order chi connectivity index (χ1) is 9.66. The normalized spacial score (nSPS) is 15.8. The van der Waals surface area contributed by atoms with Crippen LogP contribution in [0.4, 0.5) is 0 Å². The zero-order valence-corrected chi connectivity index (χ0v) is 10.7. The zero-order chi connectivity index (χ0) is 14.1. The highest BCUT2D eigenvalue weighted by molar-refractivity contribution is 6.03. The van der Waals surface area contributed by atoms with Crippen LogP contribution >= 0.6 is 0 Å². The fourth-order valence-electron chi connectivity index (χ4n) is 2.33. The summed E-state index contributed by atoms with van der Waals surface area (Å²) >= 11 is 0. The van der Waals surface area contributed by atoms with Crippen LogP contribution in [-0.4, -0.2) is 41.6 Å². The molecule has 0 atom stereocenters. The molecule has 1 amide bonds. The lowest BCUT2D eigenvalue weighted by Crippen LogP contribution is -2.41. The Morgan fingerprint density at radius 2 is 2.15 bits per heavy atom. The number of nitrogens with zero attached hydrogens (tertiary/aromatic N) is 1. The van der Waals surface area contributed by atoms with Crippen molar-refractivity contribution >= 4 is 22.8 Å². The van der Waals surface area contributed by atoms with Gasteiger partial charge in [-0.05, 0) is 6.07 Å². The van der Waals surface area contributed by atoms with Crippen LogP contribution in [0.2, 0.25) is 0 Å². The van der Waals surface area contributed by atoms with Crippen molar-refractivity contribution < 1.29 is 23.8 Å². The zero-order valence-electron chi connectivity index (χ0n) is 10.7. The molecule has 0 aliphatic carbocycles. The molecule has 1 aliphatic heterocycles. The first kappa shape index (κ1) is 12.7. The largest absolute Gasteiger partial charge is 0.478 e. The molecule has 104 valence electrons. The maximum Gasteiger partial charge on any atom is 0.339 e. The van der Waals surface area contributed by atoms with Gasteiger partial charge in [0.1, 0.15) is 23.5 Å². The molecule has 0 radical (unpaired) electrons. The molecule has 1 aliphatic rings. The summed E-state index contributed by atoms with van der Waals surface area (Å²) in [5.41, 5.74) is 0.639. The fourth-order valence-corrected chi connectivity index (χ4v) is 2.33. The number of carbonyl (C=O) groups excluding carboxylic acids is 1. The van der Waals surface area contributed by atoms with E-state index < -0.39 is 5.97 Å². The minimum absolute atomic E-state index is 0.0304. The van der Waals surface area contributed by atoms with E-state index in [2.05, 4.69) is 0 Å². The molecule has 1 N–H and O–H groups in total. The molecule has 0 saturated carbocycles. The van der Waals surface area contributed by atoms with E-state index in [1.54, 1.807) is 29.2 Å². The molecule has 0 unspecified atom stereocenters. The highest BCUT2D eigenvalue weighted by atomic mass is 16.5. The second kappa shape index (κ2) is 4.97. The summed E-state index contributed by atoms with van der Waals surface area (Å²) in [6, 6.07) is 6.95. The Hall–Kier alpha value is -2.34. The summed E-state index contributed by atoms with van der Waals surface area (Å²) in [7, 11) is 0. The van der Waals surface area contributed by atoms with E-state index >= 15 is 0 Å². The van der Waals surface area contributed by atoms with E-state index in [-0.39, 0.29) is 24.6 Å². The highest BCUT2D eigenvalue weighted by Gasteiger charge is 2.25. The van der Waals surface area contributed by atoms with Crippen LogP contribution in [-0.2, 0) is 16.1 Å². The molecular formula is C14H13NO5. The molecular weight excluding hydrogens is 262 g/mol. The van der Waals surface area contributed by atoms with E-state index in [4.69, 9.17) is 9.15 Å². The first-order valence-electron chi connectivity index (χ1n) is 6.26. The van der Waals surface area contributed by atoms with E-state index in [1.165, 1.54) is 0 Å². The van der Waals surface area contributed by atoms with Gasteiger partial charge in [0.15, 0.2) is 0 Å². The van der Waals surface area contributed by atoms with Gasteiger partial charge in [-0.25, -0.2) is 4.79 Å². The number of hydrogen-bond donors (Lipinski definition) is 1. The Kier molecular flexibility index (Phi) is 3.15. The summed E-state index contributed by atoms with van der Waals surface area (Å²) in [5, 5.41) is 9.91. The number of morpholine rings is 1. The summed E-state index contributed by atoms with van der Waals surface area (Å²) in [6.07, 6.45) is 0. The predicted octanol–water partition coefficient (Wildman–Crippen LogP) is 1.49. The monoisotopic (exact) mass is 275 g/mol. The Morgan fingerprint density at radius 3 is 2.90 bits per heavy atom. The third kappa shape index (κ3) is 2.14. The summed E-state index contributed by atoms with van der Waals surface area (Å²) in [4.78, 5) is 24.7. The molecule has 6 nitrogen and oxygen atoms in total. The maximum atomic E-state index is 11.7. The number of para-hydroxylation sites is 1. The molecule has 2 heterocycles. The van der Waals surface area contributed by atoms with Gasteiger partial charge >= 0.3 is 5.97 Å². The number of benzene rings is 1. The predicted molar refractivity (Wildman–Crippen MR) is 69.4 cm³/mol. The Bertz CT molecular complexity index is 675. The summed E-state index contributed by atoms with van der Waals surface area (Å²) in [6.45, 7) is 1.07. The van der Waals surface area contributed by atoms with Gasteiger partial charge in [0.2, 0.25) is 5.91 Å². The standard InChI is InChI=1S/C14H13NO5/c16-12-8-19-6-5-15(12)7-11-13(14(17)18)9-3-1-2-4-10(9)20-11/h1-4H,5-8H2,(H,17,18). The van der Waals surface area contributed by atoms with Crippen LogP contribution < -0.4 is 0 Å². The van der Waals surface area contributed by atoms with E-state index in [0.29, 0.717) is 29.9 Å². The quantitative estimate of drug-likeness (QED) is 0.918. The lowest BCUT2D eigenvalue weighted by molar-refractivity contribution is -0.143. The molecule has 3 rings (SSSR count). The van der Waals surface area contributed by atoms with Crippen molar-refractivity contribution in [3.8, 4) is 0 Å². The topological polar surface area (TPSA) is 80.0 Å². The van der Waals surface area contributed by atoms with Gasteiger partial charge < -0.3 is 19.2 Å². The first-order valence-corrected chi connectivity index (χ1v) is 6.26. The fraction of sp³-hybridized carbons (Fsp3) is 0.286. The molecule has 20 heavy (non-hydrogen) atoms. The third-order valence-electron chi connectivity index (χ3n) is 3.30. The number of carbonyl (C=O) groups is 2. The number of rotatable bonds is 3. The van der Waals surface area contributed by atoms with Crippen LogP contribution in [0.1, 0.15) is 16.1 Å². The number of furan rings is 1. The van der Waals surface area contributed by atoms with Gasteiger partial charge in [-0.3, -0.25) is 4.79 Å². The van der Waals surface area contributed by atoms with E-state index in [9.17, 15) is 14.7 Å². The number of fused-ring (bicyclic) bond motifs is 1. The SMILES string of the molecule is O=C(O)c1c(CN2CCOCC2=O)oc2ccccc12. The number of aromatic carboxylic acids is 1. The average molecular weight is 275 g/mol. The van der Waals surface area contributed by atoms with Gasteiger partial charge in [0.05, 0.1) is 13.2 Å². The molecule has 0 spiro atoms. The molecule has 1 aromatic heterocycles. The minimum atomic E-state index is -1.05. The average Bonchev–Trinajstić information content (AvgIpc) is 2.79. The number of carboxylic acids is 1. The van der Waals surface area contributed by atoms with Crippen LogP contribution in [0.5, 0.6) is 0 Å². The van der Waals surface area contributed by atoms with Crippen LogP contribution in [0.15, 0.2) is 28.7 Å². The number of amides is 1. The van der Waals surface area contributed by atoms with E-state index in [1.807, 2.05) is 0 Å². The molecule has 0 bridgehead atoms. The maximum absolute atomic E-state index is 11.7. The van der Waals surface area contributed by atoms with Crippen molar-refractivity contribution in [2.24, 2.45) is 0 Å². The van der Waals surface area contributed by atoms with Crippen molar-refractivity contribution in [2.45, 2.75) is 6.54 Å². The smallest absolute Gasteiger partial charge is 0.339 e. The Morgan fingerprint density at radius 1 is 1.35 bits per heavy atom. The van der Waals surface area contributed by atoms with Gasteiger partial charge in [0, 0.05) is 11.9 Å². The van der Waals surface area contributed by atoms with Gasteiger partial charge in [-0.1, -0.05) is 18.2 Å². The second-order valence-electron chi connectivity index (χ2n) is 4.57. The van der Waals surface area contributed by atoms with Crippen molar-refractivity contribution in [2.75, 3.05) is 19.8 Å². The van der Waals surface area contributed by atoms with Gasteiger partial charge in [-0.15, -0.1) is 0 Å². The number of ether oxygens (including phenoxy) is 1. The highest BCUT2D eigenvalue weighted by Crippen LogP contribution is 2.27. The van der Waals surface area contributed by atoms with Crippen LogP contribution in [0.3, 0.4) is 0 Å². The molecule has 1 fully saturated rings. The van der Waals surface area contributed by atoms with Crippen molar-refractivity contribution in [3.63, 3.8) is 0 Å². The van der Waals surface area contributed by atoms with Gasteiger partial charge in [-0.2, -0.15) is 0 Å². The molecule has 1 saturated heterocycles. The lowest BCUT2D eigenvalue weighted by Gasteiger charge is -2.25. The van der Waals surface area contributed by atoms with Crippen molar-refractivity contribution in [3.05, 3.63) is 35.6 Å². The van der Waals surface area contributed by atoms with Crippen LogP contribution in [0, 0.1) is 0 Å². The number of carboxylic acid groups (broad SMARTS) is 1. The summed E-state index contributed by atoms with van der Waals surface area (Å²) in [5.74, 6) is -0.910.